The summed E-state index contributed by atoms with van der Waals surface area (Å²) in [6, 6.07) is 1.78. The largest absolute Gasteiger partial charge is 0.472 e. The first-order valence-electron chi connectivity index (χ1n) is 5.51. The zero-order valence-corrected chi connectivity index (χ0v) is 9.34. The van der Waals surface area contributed by atoms with Crippen molar-refractivity contribution in [2.45, 2.75) is 32.4 Å². The molecule has 0 aromatic carbocycles. The smallest absolute Gasteiger partial charge is 0.111 e. The molecule has 1 atom stereocenters. The maximum absolute atomic E-state index is 9.96. The van der Waals surface area contributed by atoms with E-state index >= 15 is 0 Å². The van der Waals surface area contributed by atoms with Crippen LogP contribution < -0.4 is 0 Å². The predicted molar refractivity (Wildman–Crippen MR) is 59.9 cm³/mol. The lowest BCUT2D eigenvalue weighted by Gasteiger charge is -2.10. The van der Waals surface area contributed by atoms with E-state index in [1.54, 1.807) is 24.8 Å². The molecule has 0 saturated carbocycles. The second-order valence-electron chi connectivity index (χ2n) is 3.81. The molecular formula is C12H16N2O2. The molecule has 0 aliphatic heterocycles. The fourth-order valence-corrected chi connectivity index (χ4v) is 1.73. The lowest BCUT2D eigenvalue weighted by Crippen LogP contribution is -2.08. The van der Waals surface area contributed by atoms with Crippen molar-refractivity contribution < 1.29 is 9.52 Å². The summed E-state index contributed by atoms with van der Waals surface area (Å²) >= 11 is 0. The zero-order chi connectivity index (χ0) is 11.4. The van der Waals surface area contributed by atoms with Crippen molar-refractivity contribution in [3.05, 3.63) is 42.4 Å². The molecule has 1 N–H and O–H groups in total. The first kappa shape index (κ1) is 11.0. The molecule has 2 aromatic heterocycles. The topological polar surface area (TPSA) is 51.2 Å². The number of hydrogen-bond donors (Lipinski definition) is 1. The van der Waals surface area contributed by atoms with Gasteiger partial charge in [-0.05, 0) is 12.5 Å². The van der Waals surface area contributed by atoms with Gasteiger partial charge in [0, 0.05) is 30.9 Å². The summed E-state index contributed by atoms with van der Waals surface area (Å²) in [5, 5.41) is 9.96. The number of imidazole rings is 1. The standard InChI is InChI=1S/C12H16N2O2/c1-2-5-14-6-4-13-12(14)8-11(15)10-3-7-16-9-10/h3-4,6-7,9,11,15H,2,5,8H2,1H3. The lowest BCUT2D eigenvalue weighted by atomic mass is 10.1. The van der Waals surface area contributed by atoms with Crippen LogP contribution in [0, 0.1) is 0 Å². The predicted octanol–water partition coefficient (Wildman–Crippen LogP) is 2.16. The highest BCUT2D eigenvalue weighted by molar-refractivity contribution is 5.11. The van der Waals surface area contributed by atoms with Crippen LogP contribution in [0.25, 0.3) is 0 Å². The molecule has 86 valence electrons. The number of rotatable bonds is 5. The van der Waals surface area contributed by atoms with Gasteiger partial charge in [0.05, 0.1) is 18.6 Å². The lowest BCUT2D eigenvalue weighted by molar-refractivity contribution is 0.173. The Morgan fingerprint density at radius 1 is 1.56 bits per heavy atom. The van der Waals surface area contributed by atoms with Crippen molar-refractivity contribution in [1.29, 1.82) is 0 Å². The summed E-state index contributed by atoms with van der Waals surface area (Å²) in [6.45, 7) is 3.06. The molecule has 2 rings (SSSR count). The Bertz CT molecular complexity index is 420. The van der Waals surface area contributed by atoms with E-state index in [9.17, 15) is 5.11 Å². The summed E-state index contributed by atoms with van der Waals surface area (Å²) in [6.07, 6.45) is 7.89. The molecule has 2 aromatic rings. The Morgan fingerprint density at radius 2 is 2.44 bits per heavy atom. The Labute approximate surface area is 94.5 Å². The van der Waals surface area contributed by atoms with Gasteiger partial charge in [-0.1, -0.05) is 6.92 Å². The number of aromatic nitrogens is 2. The van der Waals surface area contributed by atoms with E-state index in [1.807, 2.05) is 6.20 Å². The van der Waals surface area contributed by atoms with E-state index in [1.165, 1.54) is 0 Å². The van der Waals surface area contributed by atoms with E-state index in [0.717, 1.165) is 24.4 Å². The number of aliphatic hydroxyl groups is 1. The van der Waals surface area contributed by atoms with Crippen LogP contribution in [-0.4, -0.2) is 14.7 Å². The average Bonchev–Trinajstić information content (AvgIpc) is 2.90. The molecule has 0 spiro atoms. The molecule has 0 bridgehead atoms. The highest BCUT2D eigenvalue weighted by Crippen LogP contribution is 2.17. The zero-order valence-electron chi connectivity index (χ0n) is 9.34. The third-order valence-corrected chi connectivity index (χ3v) is 2.57. The molecule has 0 fully saturated rings. The van der Waals surface area contributed by atoms with Gasteiger partial charge in [-0.15, -0.1) is 0 Å². The maximum Gasteiger partial charge on any atom is 0.111 e. The Balaban J connectivity index is 2.06. The van der Waals surface area contributed by atoms with Crippen molar-refractivity contribution in [2.24, 2.45) is 0 Å². The minimum Gasteiger partial charge on any atom is -0.472 e. The summed E-state index contributed by atoms with van der Waals surface area (Å²) < 4.78 is 7.02. The summed E-state index contributed by atoms with van der Waals surface area (Å²) in [4.78, 5) is 4.26. The van der Waals surface area contributed by atoms with Gasteiger partial charge in [0.1, 0.15) is 5.82 Å². The molecule has 4 nitrogen and oxygen atoms in total. The van der Waals surface area contributed by atoms with E-state index in [-0.39, 0.29) is 0 Å². The fraction of sp³-hybridized carbons (Fsp3) is 0.417. The van der Waals surface area contributed by atoms with Gasteiger partial charge in [-0.2, -0.15) is 0 Å². The van der Waals surface area contributed by atoms with E-state index < -0.39 is 6.10 Å². The van der Waals surface area contributed by atoms with Crippen LogP contribution in [0.5, 0.6) is 0 Å². The number of aliphatic hydroxyl groups excluding tert-OH is 1. The summed E-state index contributed by atoms with van der Waals surface area (Å²) in [7, 11) is 0. The van der Waals surface area contributed by atoms with E-state index in [2.05, 4.69) is 16.5 Å². The molecule has 0 saturated heterocycles. The second kappa shape index (κ2) is 4.99. The highest BCUT2D eigenvalue weighted by atomic mass is 16.3. The number of nitrogens with zero attached hydrogens (tertiary/aromatic N) is 2. The Kier molecular flexibility index (Phi) is 3.41. The Morgan fingerprint density at radius 3 is 3.12 bits per heavy atom. The van der Waals surface area contributed by atoms with Crippen LogP contribution in [0.1, 0.15) is 30.8 Å². The van der Waals surface area contributed by atoms with Crippen LogP contribution >= 0.6 is 0 Å². The molecule has 4 heteroatoms. The highest BCUT2D eigenvalue weighted by Gasteiger charge is 2.12. The maximum atomic E-state index is 9.96. The van der Waals surface area contributed by atoms with Gasteiger partial charge < -0.3 is 14.1 Å². The number of hydrogen-bond acceptors (Lipinski definition) is 3. The summed E-state index contributed by atoms with van der Waals surface area (Å²) in [5.74, 6) is 0.913. The molecule has 2 heterocycles. The third-order valence-electron chi connectivity index (χ3n) is 2.57. The van der Waals surface area contributed by atoms with Crippen LogP contribution in [0.4, 0.5) is 0 Å². The third kappa shape index (κ3) is 2.33. The minimum absolute atomic E-state index is 0.520. The summed E-state index contributed by atoms with van der Waals surface area (Å²) in [5.41, 5.74) is 0.797. The molecule has 1 unspecified atom stereocenters. The van der Waals surface area contributed by atoms with Crippen molar-refractivity contribution in [3.63, 3.8) is 0 Å². The normalized spacial score (nSPS) is 12.9. The SMILES string of the molecule is CCCn1ccnc1CC(O)c1ccoc1. The molecule has 0 amide bonds. The molecule has 0 radical (unpaired) electrons. The number of furan rings is 1. The monoisotopic (exact) mass is 220 g/mol. The van der Waals surface area contributed by atoms with Crippen molar-refractivity contribution >= 4 is 0 Å². The van der Waals surface area contributed by atoms with Crippen LogP contribution in [0.2, 0.25) is 0 Å². The van der Waals surface area contributed by atoms with Crippen LogP contribution in [-0.2, 0) is 13.0 Å². The second-order valence-corrected chi connectivity index (χ2v) is 3.81. The molecular weight excluding hydrogens is 204 g/mol. The minimum atomic E-state index is -0.545. The van der Waals surface area contributed by atoms with Crippen molar-refractivity contribution in [3.8, 4) is 0 Å². The molecule has 0 aliphatic rings. The molecule has 0 aliphatic carbocycles. The number of aryl methyl sites for hydroxylation is 1. The van der Waals surface area contributed by atoms with Gasteiger partial charge in [-0.3, -0.25) is 0 Å². The first-order chi connectivity index (χ1) is 7.81. The van der Waals surface area contributed by atoms with Crippen molar-refractivity contribution in [2.75, 3.05) is 0 Å². The molecule has 16 heavy (non-hydrogen) atoms. The van der Waals surface area contributed by atoms with E-state index in [4.69, 9.17) is 4.42 Å². The van der Waals surface area contributed by atoms with Gasteiger partial charge in [-0.25, -0.2) is 4.98 Å². The van der Waals surface area contributed by atoms with Gasteiger partial charge >= 0.3 is 0 Å². The average molecular weight is 220 g/mol. The van der Waals surface area contributed by atoms with Gasteiger partial charge in [0.25, 0.3) is 0 Å². The van der Waals surface area contributed by atoms with Gasteiger partial charge in [0.15, 0.2) is 0 Å². The van der Waals surface area contributed by atoms with Crippen LogP contribution in [0.15, 0.2) is 35.4 Å². The quantitative estimate of drug-likeness (QED) is 0.840. The fourth-order valence-electron chi connectivity index (χ4n) is 1.73. The van der Waals surface area contributed by atoms with Gasteiger partial charge in [0.2, 0.25) is 0 Å². The van der Waals surface area contributed by atoms with Crippen LogP contribution in [0.3, 0.4) is 0 Å². The van der Waals surface area contributed by atoms with Crippen molar-refractivity contribution in [1.82, 2.24) is 9.55 Å². The Hall–Kier alpha value is -1.55. The first-order valence-corrected chi connectivity index (χ1v) is 5.51. The van der Waals surface area contributed by atoms with E-state index in [0.29, 0.717) is 6.42 Å².